The van der Waals surface area contributed by atoms with Crippen molar-refractivity contribution in [3.05, 3.63) is 25.3 Å². The smallest absolute Gasteiger partial charge is 0.191 e. The van der Waals surface area contributed by atoms with Gasteiger partial charge in [0.2, 0.25) is 0 Å². The minimum absolute atomic E-state index is 0.178. The first kappa shape index (κ1) is 31.5. The molecule has 4 nitrogen and oxygen atoms in total. The van der Waals surface area contributed by atoms with Crippen molar-refractivity contribution >= 4 is 22.4 Å². The van der Waals surface area contributed by atoms with E-state index in [9.17, 15) is 9.90 Å². The van der Waals surface area contributed by atoms with Crippen LogP contribution in [0, 0.1) is 23.7 Å². The van der Waals surface area contributed by atoms with Gasteiger partial charge in [-0.15, -0.1) is 6.58 Å². The summed E-state index contributed by atoms with van der Waals surface area (Å²) in [5, 5.41) is 10.3. The van der Waals surface area contributed by atoms with Gasteiger partial charge in [-0.3, -0.25) is 4.79 Å². The molecule has 0 saturated heterocycles. The van der Waals surface area contributed by atoms with Gasteiger partial charge in [-0.1, -0.05) is 54.2 Å². The molecule has 0 aromatic heterocycles. The van der Waals surface area contributed by atoms with Crippen LogP contribution in [0.2, 0.25) is 36.3 Å². The van der Waals surface area contributed by atoms with E-state index >= 15 is 0 Å². The second kappa shape index (κ2) is 12.1. The Kier molecular flexibility index (Phi) is 11.2. The number of aliphatic hydroxyl groups is 1. The zero-order chi connectivity index (χ0) is 26.5. The molecule has 0 bridgehead atoms. The summed E-state index contributed by atoms with van der Waals surface area (Å²) in [6.07, 6.45) is 7.20. The number of carbonyl (C=O) groups is 1. The van der Waals surface area contributed by atoms with Crippen molar-refractivity contribution in [3.8, 4) is 0 Å². The number of ketones is 1. The van der Waals surface area contributed by atoms with E-state index < -0.39 is 16.6 Å². The quantitative estimate of drug-likeness (QED) is 0.189. The van der Waals surface area contributed by atoms with E-state index in [1.54, 1.807) is 6.08 Å². The Bertz CT molecular complexity index is 688. The lowest BCUT2D eigenvalue weighted by molar-refractivity contribution is -0.124. The van der Waals surface area contributed by atoms with Crippen LogP contribution in [-0.4, -0.2) is 46.8 Å². The van der Waals surface area contributed by atoms with Crippen LogP contribution in [0.3, 0.4) is 0 Å². The Hall–Kier alpha value is -0.536. The highest BCUT2D eigenvalue weighted by molar-refractivity contribution is 6.74. The number of carbonyl (C=O) groups excluding carboxylic acids is 1. The molecule has 0 amide bonds. The number of allylic oxidation sites excluding steroid dienone is 1. The van der Waals surface area contributed by atoms with Crippen molar-refractivity contribution in [1.29, 1.82) is 0 Å². The second-order valence-corrected chi connectivity index (χ2v) is 23.0. The molecule has 2 fully saturated rings. The molecule has 34 heavy (non-hydrogen) atoms. The number of hydrogen-bond donors (Lipinski definition) is 1. The van der Waals surface area contributed by atoms with Gasteiger partial charge in [0.1, 0.15) is 0 Å². The third-order valence-electron chi connectivity index (χ3n) is 9.07. The van der Waals surface area contributed by atoms with Crippen molar-refractivity contribution in [3.63, 3.8) is 0 Å². The molecule has 6 heteroatoms. The lowest BCUT2D eigenvalue weighted by Gasteiger charge is -2.43. The van der Waals surface area contributed by atoms with Gasteiger partial charge in [-0.2, -0.15) is 0 Å². The van der Waals surface area contributed by atoms with Crippen LogP contribution in [0.4, 0.5) is 0 Å². The molecule has 0 spiro atoms. The number of hydrogen-bond acceptors (Lipinski definition) is 4. The number of rotatable bonds is 10. The second-order valence-electron chi connectivity index (χ2n) is 13.4. The van der Waals surface area contributed by atoms with E-state index in [2.05, 4.69) is 80.9 Å². The average molecular weight is 511 g/mol. The molecule has 2 rings (SSSR count). The highest BCUT2D eigenvalue weighted by atomic mass is 28.4. The Morgan fingerprint density at radius 2 is 1.32 bits per heavy atom. The molecule has 0 heterocycles. The van der Waals surface area contributed by atoms with Crippen LogP contribution >= 0.6 is 0 Å². The van der Waals surface area contributed by atoms with Crippen LogP contribution in [-0.2, 0) is 13.6 Å². The van der Waals surface area contributed by atoms with E-state index in [-0.39, 0.29) is 27.9 Å². The summed E-state index contributed by atoms with van der Waals surface area (Å²) in [6, 6.07) is 0. The Morgan fingerprint density at radius 1 is 0.882 bits per heavy atom. The molecular weight excluding hydrogens is 456 g/mol. The summed E-state index contributed by atoms with van der Waals surface area (Å²) in [4.78, 5) is 11.6. The SMILES string of the molecule is C=CC(=O)[C@@H]1CC[C@H]1CO[Si](C)(C)C(C)(C)C.C=C[C@H](O)[C@@H]1CC[C@H]1CO[Si](C)(C)C(C)(C)C. The van der Waals surface area contributed by atoms with Gasteiger partial charge in [-0.25, -0.2) is 0 Å². The zero-order valence-electron chi connectivity index (χ0n) is 23.9. The van der Waals surface area contributed by atoms with Gasteiger partial charge in [0.25, 0.3) is 0 Å². The molecule has 0 unspecified atom stereocenters. The first-order valence-corrected chi connectivity index (χ1v) is 18.9. The van der Waals surface area contributed by atoms with E-state index in [0.717, 1.165) is 32.5 Å². The molecular formula is C28H54O4Si2. The van der Waals surface area contributed by atoms with E-state index in [1.807, 2.05) is 0 Å². The molecule has 0 radical (unpaired) electrons. The first-order valence-electron chi connectivity index (χ1n) is 13.1. The van der Waals surface area contributed by atoms with Crippen LogP contribution in [0.15, 0.2) is 25.3 Å². The Balaban J connectivity index is 0.000000340. The summed E-state index contributed by atoms with van der Waals surface area (Å²) < 4.78 is 12.4. The molecule has 2 aliphatic carbocycles. The van der Waals surface area contributed by atoms with Gasteiger partial charge >= 0.3 is 0 Å². The summed E-state index contributed by atoms with van der Waals surface area (Å²) in [5.74, 6) is 1.70. The zero-order valence-corrected chi connectivity index (χ0v) is 25.9. The van der Waals surface area contributed by atoms with Crippen molar-refractivity contribution in [2.75, 3.05) is 13.2 Å². The van der Waals surface area contributed by atoms with Crippen LogP contribution in [0.25, 0.3) is 0 Å². The van der Waals surface area contributed by atoms with Crippen LogP contribution < -0.4 is 0 Å². The monoisotopic (exact) mass is 510 g/mol. The number of aliphatic hydroxyl groups excluding tert-OH is 1. The fourth-order valence-electron chi connectivity index (χ4n) is 3.78. The van der Waals surface area contributed by atoms with Gasteiger partial charge in [-0.05, 0) is 85.8 Å². The molecule has 0 aromatic carbocycles. The van der Waals surface area contributed by atoms with E-state index in [0.29, 0.717) is 17.8 Å². The summed E-state index contributed by atoms with van der Waals surface area (Å²) in [5.41, 5.74) is 0. The Labute approximate surface area is 212 Å². The third kappa shape index (κ3) is 8.26. The standard InChI is InChI=1S/C14H28O2Si.C14H26O2Si/c2*1-7-13(15)12-9-8-11(12)10-16-17(5,6)14(2,3)4/h7,11-13,15H,1,8-10H2,2-6H3;7,11-12H,1,8-10H2,2-6H3/t11-,12+,13-;11-,12+/m00/s1. The Morgan fingerprint density at radius 3 is 1.62 bits per heavy atom. The maximum Gasteiger partial charge on any atom is 0.191 e. The van der Waals surface area contributed by atoms with Gasteiger partial charge in [0.15, 0.2) is 22.4 Å². The predicted octanol–water partition coefficient (Wildman–Crippen LogP) is 7.37. The average Bonchev–Trinajstić information content (AvgIpc) is 2.64. The van der Waals surface area contributed by atoms with Crippen molar-refractivity contribution in [2.45, 2.75) is 110 Å². The highest BCUT2D eigenvalue weighted by Gasteiger charge is 2.42. The summed E-state index contributed by atoms with van der Waals surface area (Å²) >= 11 is 0. The maximum atomic E-state index is 11.6. The minimum atomic E-state index is -1.66. The van der Waals surface area contributed by atoms with E-state index in [1.165, 1.54) is 12.5 Å². The topological polar surface area (TPSA) is 55.8 Å². The summed E-state index contributed by atoms with van der Waals surface area (Å²) in [7, 11) is -3.29. The molecule has 198 valence electrons. The van der Waals surface area contributed by atoms with E-state index in [4.69, 9.17) is 8.85 Å². The van der Waals surface area contributed by atoms with Crippen molar-refractivity contribution in [1.82, 2.24) is 0 Å². The van der Waals surface area contributed by atoms with Gasteiger partial charge in [0, 0.05) is 19.1 Å². The van der Waals surface area contributed by atoms with Gasteiger partial charge < -0.3 is 14.0 Å². The maximum absolute atomic E-state index is 11.6. The molecule has 0 aliphatic heterocycles. The molecule has 5 atom stereocenters. The minimum Gasteiger partial charge on any atom is -0.417 e. The first-order chi connectivity index (χ1) is 15.4. The lowest BCUT2D eigenvalue weighted by atomic mass is 9.71. The van der Waals surface area contributed by atoms with Gasteiger partial charge in [0.05, 0.1) is 6.10 Å². The fraction of sp³-hybridized carbons (Fsp3) is 0.821. The lowest BCUT2D eigenvalue weighted by Crippen LogP contribution is -2.45. The van der Waals surface area contributed by atoms with Crippen molar-refractivity contribution in [2.24, 2.45) is 23.7 Å². The molecule has 0 aromatic rings. The third-order valence-corrected chi connectivity index (χ3v) is 18.1. The normalized spacial score (nSPS) is 26.3. The van der Waals surface area contributed by atoms with Crippen molar-refractivity contribution < 1.29 is 18.8 Å². The molecule has 2 aliphatic rings. The molecule has 2 saturated carbocycles. The highest BCUT2D eigenvalue weighted by Crippen LogP contribution is 2.42. The molecule has 1 N–H and O–H groups in total. The predicted molar refractivity (Wildman–Crippen MR) is 150 cm³/mol. The van der Waals surface area contributed by atoms with Crippen LogP contribution in [0.5, 0.6) is 0 Å². The summed E-state index contributed by atoms with van der Waals surface area (Å²) in [6.45, 7) is 31.4. The largest absolute Gasteiger partial charge is 0.417 e. The fourth-order valence-corrected chi connectivity index (χ4v) is 5.91. The van der Waals surface area contributed by atoms with Crippen LogP contribution in [0.1, 0.15) is 67.2 Å².